The van der Waals surface area contributed by atoms with Gasteiger partial charge in [-0.25, -0.2) is 0 Å². The van der Waals surface area contributed by atoms with Crippen LogP contribution in [0, 0.1) is 0 Å². The van der Waals surface area contributed by atoms with Crippen LogP contribution in [0.4, 0.5) is 0 Å². The molecule has 0 radical (unpaired) electrons. The molecule has 4 aromatic heterocycles. The van der Waals surface area contributed by atoms with Gasteiger partial charge in [-0.15, -0.1) is 45.3 Å². The Hall–Kier alpha value is -4.74. The molecule has 2 aromatic carbocycles. The number of Topliss-reactive ketones (excluding diaryl/α,β-unsaturated/α-hetero) is 4. The van der Waals surface area contributed by atoms with E-state index >= 15 is 0 Å². The highest BCUT2D eigenvalue weighted by molar-refractivity contribution is 7.34. The second-order valence-corrected chi connectivity index (χ2v) is 20.0. The first-order valence-electron chi connectivity index (χ1n) is 19.4. The van der Waals surface area contributed by atoms with Gasteiger partial charge in [0.1, 0.15) is 22.7 Å². The molecule has 0 amide bonds. The third-order valence-electron chi connectivity index (χ3n) is 12.6. The van der Waals surface area contributed by atoms with E-state index in [1.54, 1.807) is 83.4 Å². The Balaban J connectivity index is 1.02. The van der Waals surface area contributed by atoms with Crippen molar-refractivity contribution in [3.63, 3.8) is 0 Å². The quantitative estimate of drug-likeness (QED) is 0.128. The zero-order valence-corrected chi connectivity index (χ0v) is 33.3. The van der Waals surface area contributed by atoms with Crippen molar-refractivity contribution < 1.29 is 28.7 Å². The number of hydrogen-bond donors (Lipinski definition) is 0. The van der Waals surface area contributed by atoms with Gasteiger partial charge < -0.3 is 9.47 Å². The molecule has 12 rings (SSSR count). The lowest BCUT2D eigenvalue weighted by atomic mass is 9.76. The average molecular weight is 809 g/mol. The second-order valence-electron chi connectivity index (χ2n) is 15.8. The maximum absolute atomic E-state index is 13.4. The second kappa shape index (κ2) is 11.9. The van der Waals surface area contributed by atoms with Crippen LogP contribution in [0.3, 0.4) is 0 Å². The lowest BCUT2D eigenvalue weighted by molar-refractivity contribution is 0.0257. The summed E-state index contributed by atoms with van der Waals surface area (Å²) in [6, 6.07) is 18.2. The molecule has 2 fully saturated rings. The van der Waals surface area contributed by atoms with Crippen molar-refractivity contribution >= 4 is 90.0 Å². The Labute approximate surface area is 338 Å². The molecule has 10 heteroatoms. The van der Waals surface area contributed by atoms with E-state index in [1.807, 2.05) is 34.8 Å². The first-order chi connectivity index (χ1) is 27.3. The van der Waals surface area contributed by atoms with Gasteiger partial charge in [0.25, 0.3) is 0 Å². The van der Waals surface area contributed by atoms with E-state index in [0.717, 1.165) is 82.4 Å². The van der Waals surface area contributed by atoms with Crippen LogP contribution >= 0.6 is 45.3 Å². The number of fused-ring (bicyclic) bond motifs is 13. The third kappa shape index (κ3) is 4.52. The summed E-state index contributed by atoms with van der Waals surface area (Å²) in [5.41, 5.74) is 3.96. The molecule has 6 nitrogen and oxygen atoms in total. The van der Waals surface area contributed by atoms with Gasteiger partial charge >= 0.3 is 0 Å². The van der Waals surface area contributed by atoms with Gasteiger partial charge in [0, 0.05) is 43.1 Å². The molecule has 6 aromatic rings. The van der Waals surface area contributed by atoms with Crippen molar-refractivity contribution in [1.82, 2.24) is 0 Å². The minimum atomic E-state index is -0.459. The number of rotatable bonds is 2. The summed E-state index contributed by atoms with van der Waals surface area (Å²) < 4.78 is 17.0. The molecule has 56 heavy (non-hydrogen) atoms. The summed E-state index contributed by atoms with van der Waals surface area (Å²) >= 11 is 6.91. The van der Waals surface area contributed by atoms with Gasteiger partial charge in [-0.3, -0.25) is 19.2 Å². The predicted molar refractivity (Wildman–Crippen MR) is 223 cm³/mol. The van der Waals surface area contributed by atoms with E-state index in [4.69, 9.17) is 9.47 Å². The Morgan fingerprint density at radius 3 is 1.18 bits per heavy atom. The first kappa shape index (κ1) is 33.4. The number of ketones is 4. The molecular formula is C46H32O6S4. The molecule has 0 bridgehead atoms. The van der Waals surface area contributed by atoms with Crippen LogP contribution in [0.5, 0.6) is 11.5 Å². The number of carbonyl (C=O) groups excluding carboxylic acids is 4. The van der Waals surface area contributed by atoms with Crippen molar-refractivity contribution in [3.8, 4) is 31.0 Å². The minimum Gasteiger partial charge on any atom is -0.481 e. The predicted octanol–water partition coefficient (Wildman–Crippen LogP) is 12.4. The fourth-order valence-corrected chi connectivity index (χ4v) is 15.6. The van der Waals surface area contributed by atoms with Crippen LogP contribution in [0.25, 0.3) is 41.1 Å². The third-order valence-corrected chi connectivity index (χ3v) is 17.6. The lowest BCUT2D eigenvalue weighted by Gasteiger charge is -2.41. The number of hydrogen-bond acceptors (Lipinski definition) is 10. The SMILES string of the molecule is O=C1C(=Cc2cc3c(s2)-c2sc4c5c(sc4c2C2(CCCCC2)O3)-c2sc(C=C3C(=O)c4ccccc4C3=O)cc2OC52CCCCC2)C(=O)c2ccccc21. The van der Waals surface area contributed by atoms with Crippen molar-refractivity contribution in [2.75, 3.05) is 0 Å². The zero-order chi connectivity index (χ0) is 37.5. The van der Waals surface area contributed by atoms with Crippen molar-refractivity contribution in [3.05, 3.63) is 115 Å². The van der Waals surface area contributed by atoms with Crippen LogP contribution < -0.4 is 9.47 Å². The van der Waals surface area contributed by atoms with E-state index in [0.29, 0.717) is 22.3 Å². The summed E-state index contributed by atoms with van der Waals surface area (Å²) in [6.07, 6.45) is 14.0. The van der Waals surface area contributed by atoms with E-state index in [9.17, 15) is 19.2 Å². The number of ether oxygens (including phenoxy) is 2. The van der Waals surface area contributed by atoms with Crippen molar-refractivity contribution in [1.29, 1.82) is 0 Å². The molecule has 0 atom stereocenters. The molecule has 2 saturated carbocycles. The number of thiophene rings is 4. The topological polar surface area (TPSA) is 86.7 Å². The average Bonchev–Trinajstić information content (AvgIpc) is 4.05. The fourth-order valence-electron chi connectivity index (χ4n) is 10.0. The Bertz CT molecular complexity index is 2590. The van der Waals surface area contributed by atoms with Crippen LogP contribution in [0.1, 0.15) is 127 Å². The molecule has 0 N–H and O–H groups in total. The Morgan fingerprint density at radius 2 is 0.821 bits per heavy atom. The van der Waals surface area contributed by atoms with Crippen molar-refractivity contribution in [2.45, 2.75) is 75.4 Å². The van der Waals surface area contributed by atoms with Gasteiger partial charge in [-0.1, -0.05) is 61.4 Å². The van der Waals surface area contributed by atoms with Crippen molar-refractivity contribution in [2.24, 2.45) is 0 Å². The molecule has 6 heterocycles. The van der Waals surface area contributed by atoms with Gasteiger partial charge in [0.05, 0.1) is 40.1 Å². The summed E-state index contributed by atoms with van der Waals surface area (Å²) in [4.78, 5) is 59.7. The highest BCUT2D eigenvalue weighted by atomic mass is 32.1. The Morgan fingerprint density at radius 1 is 0.464 bits per heavy atom. The summed E-state index contributed by atoms with van der Waals surface area (Å²) in [7, 11) is 0. The minimum absolute atomic E-state index is 0.211. The zero-order valence-electron chi connectivity index (χ0n) is 30.1. The largest absolute Gasteiger partial charge is 0.481 e. The van der Waals surface area contributed by atoms with Crippen LogP contribution in [0.15, 0.2) is 71.8 Å². The molecule has 6 aliphatic rings. The van der Waals surface area contributed by atoms with E-state index < -0.39 is 11.2 Å². The standard InChI is InChI=1S/C46H32O6S4/c47-35-25-11-3-4-12-26(25)36(48)29(35)19-23-21-31-39(53-23)41-33(45(51-31)15-7-1-8-16-45)43-44(55-41)34-42(56-43)40-32(52-46(34)17-9-2-10-18-46)22-24(54-40)20-30-37(49)27-13-5-6-14-28(27)38(30)50/h3-6,11-14,19-22H,1-2,7-10,15-18H2. The summed E-state index contributed by atoms with van der Waals surface area (Å²) in [6.45, 7) is 0. The molecule has 0 saturated heterocycles. The molecule has 2 aliphatic heterocycles. The van der Waals surface area contributed by atoms with E-state index in [2.05, 4.69) is 0 Å². The van der Waals surface area contributed by atoms with Crippen LogP contribution in [-0.2, 0) is 11.2 Å². The highest BCUT2D eigenvalue weighted by Crippen LogP contribution is 2.66. The maximum Gasteiger partial charge on any atom is 0.197 e. The normalized spacial score (nSPS) is 19.7. The Kier molecular flexibility index (Phi) is 7.10. The molecule has 2 spiro atoms. The first-order valence-corrected chi connectivity index (χ1v) is 22.7. The van der Waals surface area contributed by atoms with Gasteiger partial charge in [-0.2, -0.15) is 0 Å². The van der Waals surface area contributed by atoms with Crippen LogP contribution in [0.2, 0.25) is 0 Å². The number of allylic oxidation sites excluding steroid dienone is 2. The maximum atomic E-state index is 13.4. The van der Waals surface area contributed by atoms with E-state index in [-0.39, 0.29) is 34.3 Å². The molecule has 0 unspecified atom stereocenters. The molecule has 276 valence electrons. The number of carbonyl (C=O) groups is 4. The number of benzene rings is 2. The summed E-state index contributed by atoms with van der Waals surface area (Å²) in [5, 5.41) is 0. The van der Waals surface area contributed by atoms with Gasteiger partial charge in [0.2, 0.25) is 0 Å². The van der Waals surface area contributed by atoms with E-state index in [1.165, 1.54) is 43.1 Å². The van der Waals surface area contributed by atoms with Crippen LogP contribution in [-0.4, -0.2) is 23.1 Å². The highest BCUT2D eigenvalue weighted by Gasteiger charge is 2.51. The van der Waals surface area contributed by atoms with Gasteiger partial charge in [0.15, 0.2) is 23.1 Å². The smallest absolute Gasteiger partial charge is 0.197 e. The molecular weight excluding hydrogens is 777 g/mol. The van der Waals surface area contributed by atoms with Gasteiger partial charge in [-0.05, 0) is 75.7 Å². The monoisotopic (exact) mass is 808 g/mol. The lowest BCUT2D eigenvalue weighted by Crippen LogP contribution is -2.37. The molecule has 4 aliphatic carbocycles. The fraction of sp³-hybridized carbons (Fsp3) is 0.261. The summed E-state index contributed by atoms with van der Waals surface area (Å²) in [5.74, 6) is 0.803.